The first-order chi connectivity index (χ1) is 5.88. The fraction of sp³-hybridized carbons (Fsp3) is 0.250. The summed E-state index contributed by atoms with van der Waals surface area (Å²) in [6.45, 7) is 1.64. The summed E-state index contributed by atoms with van der Waals surface area (Å²) < 4.78 is 17.8. The van der Waals surface area contributed by atoms with Crippen LogP contribution in [-0.2, 0) is 0 Å². The van der Waals surface area contributed by atoms with E-state index in [1.165, 1.54) is 6.07 Å². The molecule has 1 aromatic carbocycles. The van der Waals surface area contributed by atoms with Crippen LogP contribution in [0, 0.1) is 12.7 Å². The van der Waals surface area contributed by atoms with Gasteiger partial charge < -0.3 is 4.74 Å². The molecule has 13 heavy (non-hydrogen) atoms. The van der Waals surface area contributed by atoms with Crippen molar-refractivity contribution in [1.82, 2.24) is 0 Å². The Morgan fingerprint density at radius 2 is 1.92 bits per heavy atom. The van der Waals surface area contributed by atoms with Gasteiger partial charge in [0.15, 0.2) is 0 Å². The van der Waals surface area contributed by atoms with Gasteiger partial charge in [0.1, 0.15) is 35.1 Å². The summed E-state index contributed by atoms with van der Waals surface area (Å²) in [6, 6.07) is 4.27. The maximum atomic E-state index is 13.0. The minimum Gasteiger partial charge on any atom is -0.516 e. The Labute approximate surface area is 80.9 Å². The molecule has 1 aromatic rings. The van der Waals surface area contributed by atoms with E-state index in [2.05, 4.69) is 0 Å². The Hall–Kier alpha value is -0.855. The standard InChI is InChI=1S/C8H6B3FO/c1-5-2-3-6(4-7(5)12)13-8(9,10)11/h2-4H,1H3. The molecule has 6 radical (unpaired) electrons. The highest BCUT2D eigenvalue weighted by Crippen LogP contribution is 2.17. The lowest BCUT2D eigenvalue weighted by Gasteiger charge is -2.23. The predicted octanol–water partition coefficient (Wildman–Crippen LogP) is 0.630. The maximum Gasteiger partial charge on any atom is 0.129 e. The second kappa shape index (κ2) is 3.48. The van der Waals surface area contributed by atoms with E-state index in [4.69, 9.17) is 28.3 Å². The number of aryl methyl sites for hydroxylation is 1. The zero-order valence-corrected chi connectivity index (χ0v) is 7.25. The van der Waals surface area contributed by atoms with Crippen molar-refractivity contribution >= 4 is 23.5 Å². The Morgan fingerprint density at radius 1 is 1.31 bits per heavy atom. The lowest BCUT2D eigenvalue weighted by Crippen LogP contribution is -2.37. The molecule has 1 nitrogen and oxygen atoms in total. The summed E-state index contributed by atoms with van der Waals surface area (Å²) in [5.41, 5.74) is 0.518. The van der Waals surface area contributed by atoms with Gasteiger partial charge in [0, 0.05) is 6.07 Å². The summed E-state index contributed by atoms with van der Waals surface area (Å²) in [4.78, 5) is 0. The molecule has 0 aliphatic rings. The quantitative estimate of drug-likeness (QED) is 0.590. The van der Waals surface area contributed by atoms with E-state index in [-0.39, 0.29) is 11.6 Å². The van der Waals surface area contributed by atoms with E-state index in [0.29, 0.717) is 5.56 Å². The monoisotopic (exact) mass is 170 g/mol. The van der Waals surface area contributed by atoms with Crippen molar-refractivity contribution in [2.75, 3.05) is 0 Å². The average Bonchev–Trinajstić information content (AvgIpc) is 1.94. The van der Waals surface area contributed by atoms with Gasteiger partial charge >= 0.3 is 0 Å². The summed E-state index contributed by atoms with van der Waals surface area (Å²) in [5.74, 6) is -0.183. The highest BCUT2D eigenvalue weighted by Gasteiger charge is 2.11. The predicted molar refractivity (Wildman–Crippen MR) is 51.8 cm³/mol. The van der Waals surface area contributed by atoms with Crippen LogP contribution in [0.4, 0.5) is 4.39 Å². The zero-order valence-electron chi connectivity index (χ0n) is 7.25. The highest BCUT2D eigenvalue weighted by molar-refractivity contribution is 6.58. The van der Waals surface area contributed by atoms with Gasteiger partial charge in [-0.25, -0.2) is 4.39 Å². The number of rotatable bonds is 2. The topological polar surface area (TPSA) is 9.23 Å². The van der Waals surface area contributed by atoms with Crippen LogP contribution in [0.1, 0.15) is 5.56 Å². The minimum absolute atomic E-state index is 0.204. The van der Waals surface area contributed by atoms with Crippen molar-refractivity contribution in [3.63, 3.8) is 0 Å². The SMILES string of the molecule is [B]C([B])([B])Oc1ccc(C)c(F)c1. The third-order valence-corrected chi connectivity index (χ3v) is 1.44. The van der Waals surface area contributed by atoms with Gasteiger partial charge in [-0.15, -0.1) is 0 Å². The van der Waals surface area contributed by atoms with Crippen LogP contribution < -0.4 is 4.74 Å². The minimum atomic E-state index is -1.78. The van der Waals surface area contributed by atoms with Gasteiger partial charge in [-0.2, -0.15) is 0 Å². The molecule has 0 saturated heterocycles. The second-order valence-electron chi connectivity index (χ2n) is 2.87. The summed E-state index contributed by atoms with van der Waals surface area (Å²) in [7, 11) is 15.5. The van der Waals surface area contributed by atoms with Crippen molar-refractivity contribution in [1.29, 1.82) is 0 Å². The molecule has 0 atom stereocenters. The average molecular weight is 170 g/mol. The van der Waals surface area contributed by atoms with Gasteiger partial charge in [-0.05, 0) is 23.9 Å². The van der Waals surface area contributed by atoms with E-state index < -0.39 is 5.30 Å². The van der Waals surface area contributed by atoms with Crippen LogP contribution >= 0.6 is 0 Å². The van der Waals surface area contributed by atoms with Crippen molar-refractivity contribution in [2.45, 2.75) is 12.2 Å². The van der Waals surface area contributed by atoms with Gasteiger partial charge in [0.05, 0.1) is 0 Å². The molecule has 5 heteroatoms. The van der Waals surface area contributed by atoms with E-state index in [1.807, 2.05) is 0 Å². The van der Waals surface area contributed by atoms with Crippen LogP contribution in [-0.4, -0.2) is 28.8 Å². The molecule has 0 aliphatic carbocycles. The maximum absolute atomic E-state index is 13.0. The molecule has 0 saturated carbocycles. The van der Waals surface area contributed by atoms with Crippen molar-refractivity contribution < 1.29 is 9.13 Å². The molecule has 0 bridgehead atoms. The Bertz CT molecular complexity index is 309. The van der Waals surface area contributed by atoms with E-state index >= 15 is 0 Å². The number of hydrogen-bond donors (Lipinski definition) is 0. The molecule has 0 aromatic heterocycles. The van der Waals surface area contributed by atoms with Gasteiger partial charge in [0.25, 0.3) is 0 Å². The van der Waals surface area contributed by atoms with Gasteiger partial charge in [-0.3, -0.25) is 0 Å². The summed E-state index contributed by atoms with van der Waals surface area (Å²) in [6.07, 6.45) is 0. The first kappa shape index (κ1) is 10.2. The van der Waals surface area contributed by atoms with Crippen molar-refractivity contribution in [3.05, 3.63) is 29.6 Å². The smallest absolute Gasteiger partial charge is 0.129 e. The molecule has 60 valence electrons. The normalized spacial score (nSPS) is 11.2. The fourth-order valence-electron chi connectivity index (χ4n) is 0.841. The summed E-state index contributed by atoms with van der Waals surface area (Å²) >= 11 is 0. The molecule has 0 fully saturated rings. The van der Waals surface area contributed by atoms with Gasteiger partial charge in [-0.1, -0.05) is 6.07 Å². The number of hydrogen-bond acceptors (Lipinski definition) is 1. The van der Waals surface area contributed by atoms with Crippen molar-refractivity contribution in [2.24, 2.45) is 0 Å². The zero-order chi connectivity index (χ0) is 10.1. The first-order valence-corrected chi connectivity index (χ1v) is 3.70. The van der Waals surface area contributed by atoms with Crippen LogP contribution in [0.3, 0.4) is 0 Å². The molecule has 0 N–H and O–H groups in total. The van der Waals surface area contributed by atoms with E-state index in [1.54, 1.807) is 19.1 Å². The van der Waals surface area contributed by atoms with E-state index in [9.17, 15) is 4.39 Å². The Morgan fingerprint density at radius 3 is 2.38 bits per heavy atom. The Kier molecular flexibility index (Phi) is 2.74. The van der Waals surface area contributed by atoms with Gasteiger partial charge in [0.2, 0.25) is 0 Å². The molecule has 0 heterocycles. The first-order valence-electron chi connectivity index (χ1n) is 3.70. The lowest BCUT2D eigenvalue weighted by molar-refractivity contribution is 0.316. The van der Waals surface area contributed by atoms with Crippen LogP contribution in [0.15, 0.2) is 18.2 Å². The van der Waals surface area contributed by atoms with Crippen LogP contribution in [0.2, 0.25) is 0 Å². The van der Waals surface area contributed by atoms with E-state index in [0.717, 1.165) is 0 Å². The molecular formula is C8H6B3FO. The number of ether oxygens (including phenoxy) is 1. The molecule has 0 aliphatic heterocycles. The highest BCUT2D eigenvalue weighted by atomic mass is 19.1. The molecule has 1 rings (SSSR count). The molecule has 0 amide bonds. The molecule has 0 unspecified atom stereocenters. The van der Waals surface area contributed by atoms with Crippen molar-refractivity contribution in [3.8, 4) is 5.75 Å². The Balaban J connectivity index is 2.86. The number of halogens is 1. The third kappa shape index (κ3) is 3.17. The largest absolute Gasteiger partial charge is 0.516 e. The molecule has 0 spiro atoms. The fourth-order valence-corrected chi connectivity index (χ4v) is 0.841. The van der Waals surface area contributed by atoms with Crippen LogP contribution in [0.5, 0.6) is 5.75 Å². The second-order valence-corrected chi connectivity index (χ2v) is 2.87. The number of benzene rings is 1. The molecular weight excluding hydrogens is 164 g/mol. The van der Waals surface area contributed by atoms with Crippen LogP contribution in [0.25, 0.3) is 0 Å². The lowest BCUT2D eigenvalue weighted by atomic mass is 9.52. The summed E-state index contributed by atoms with van der Waals surface area (Å²) in [5, 5.41) is -1.78. The third-order valence-electron chi connectivity index (χ3n) is 1.44.